The molecule has 1 N–H and O–H groups in total. The summed E-state index contributed by atoms with van der Waals surface area (Å²) in [7, 11) is 0. The van der Waals surface area contributed by atoms with Crippen LogP contribution in [0.15, 0.2) is 59.1 Å². The second kappa shape index (κ2) is 10.7. The Labute approximate surface area is 195 Å². The lowest BCUT2D eigenvalue weighted by atomic mass is 10.0. The van der Waals surface area contributed by atoms with Gasteiger partial charge >= 0.3 is 0 Å². The Kier molecular flexibility index (Phi) is 7.52. The average Bonchev–Trinajstić information content (AvgIpc) is 3.31. The Morgan fingerprint density at radius 2 is 1.73 bits per heavy atom. The van der Waals surface area contributed by atoms with Gasteiger partial charge in [-0.25, -0.2) is 0 Å². The van der Waals surface area contributed by atoms with Gasteiger partial charge in [0.1, 0.15) is 0 Å². The lowest BCUT2D eigenvalue weighted by Crippen LogP contribution is -2.53. The maximum atomic E-state index is 12.7. The van der Waals surface area contributed by atoms with Crippen LogP contribution in [0.1, 0.15) is 36.8 Å². The predicted octanol–water partition coefficient (Wildman–Crippen LogP) is 3.47. The number of piperazine rings is 1. The molecule has 1 aromatic heterocycles. The second-order valence-corrected chi connectivity index (χ2v) is 8.92. The van der Waals surface area contributed by atoms with E-state index < -0.39 is 0 Å². The summed E-state index contributed by atoms with van der Waals surface area (Å²) >= 11 is 0. The molecule has 0 aliphatic carbocycles. The summed E-state index contributed by atoms with van der Waals surface area (Å²) in [6.07, 6.45) is 0. The van der Waals surface area contributed by atoms with Crippen LogP contribution in [0.5, 0.6) is 0 Å². The number of nitrogens with one attached hydrogen (secondary N) is 1. The van der Waals surface area contributed by atoms with Crippen LogP contribution in [-0.2, 0) is 11.3 Å². The molecule has 2 heterocycles. The summed E-state index contributed by atoms with van der Waals surface area (Å²) in [4.78, 5) is 21.8. The molecule has 1 fully saturated rings. The van der Waals surface area contributed by atoms with Crippen LogP contribution in [0.3, 0.4) is 0 Å². The van der Waals surface area contributed by atoms with E-state index in [4.69, 9.17) is 4.52 Å². The van der Waals surface area contributed by atoms with E-state index in [1.54, 1.807) is 0 Å². The molecule has 4 rings (SSSR count). The number of carbonyl (C=O) groups is 1. The predicted molar refractivity (Wildman–Crippen MR) is 129 cm³/mol. The number of aromatic nitrogens is 2. The first-order valence-electron chi connectivity index (χ1n) is 11.7. The van der Waals surface area contributed by atoms with E-state index in [1.807, 2.05) is 49.4 Å². The molecule has 1 amide bonds. The Morgan fingerprint density at radius 1 is 1.03 bits per heavy atom. The van der Waals surface area contributed by atoms with Crippen molar-refractivity contribution in [3.63, 3.8) is 0 Å². The van der Waals surface area contributed by atoms with Crippen molar-refractivity contribution in [3.8, 4) is 11.4 Å². The summed E-state index contributed by atoms with van der Waals surface area (Å²) in [5, 5.41) is 7.25. The Morgan fingerprint density at radius 3 is 2.42 bits per heavy atom. The number of amides is 1. The number of aryl methyl sites for hydroxylation is 1. The van der Waals surface area contributed by atoms with Crippen LogP contribution in [-0.4, -0.2) is 64.6 Å². The molecule has 33 heavy (non-hydrogen) atoms. The van der Waals surface area contributed by atoms with Gasteiger partial charge in [0.2, 0.25) is 17.6 Å². The van der Waals surface area contributed by atoms with E-state index in [1.165, 1.54) is 11.1 Å². The zero-order chi connectivity index (χ0) is 23.2. The topological polar surface area (TPSA) is 74.5 Å². The highest BCUT2D eigenvalue weighted by Crippen LogP contribution is 2.18. The van der Waals surface area contributed by atoms with E-state index in [9.17, 15) is 4.79 Å². The molecule has 2 aromatic carbocycles. The fourth-order valence-electron chi connectivity index (χ4n) is 4.11. The second-order valence-electron chi connectivity index (χ2n) is 8.92. The van der Waals surface area contributed by atoms with Gasteiger partial charge in [0.05, 0.1) is 12.6 Å². The number of hydrogen-bond donors (Lipinski definition) is 1. The highest BCUT2D eigenvalue weighted by atomic mass is 16.5. The molecule has 2 atom stereocenters. The minimum absolute atomic E-state index is 0.0888. The molecule has 7 heteroatoms. The van der Waals surface area contributed by atoms with Crippen LogP contribution < -0.4 is 5.32 Å². The monoisotopic (exact) mass is 447 g/mol. The van der Waals surface area contributed by atoms with Crippen LogP contribution in [0.4, 0.5) is 0 Å². The Balaban J connectivity index is 1.22. The molecule has 7 nitrogen and oxygen atoms in total. The largest absolute Gasteiger partial charge is 0.354 e. The summed E-state index contributed by atoms with van der Waals surface area (Å²) in [6.45, 7) is 10.9. The van der Waals surface area contributed by atoms with Gasteiger partial charge in [0.25, 0.3) is 0 Å². The molecule has 0 bridgehead atoms. The van der Waals surface area contributed by atoms with E-state index in [0.717, 1.165) is 31.7 Å². The minimum Gasteiger partial charge on any atom is -0.354 e. The van der Waals surface area contributed by atoms with Crippen molar-refractivity contribution in [2.45, 2.75) is 39.3 Å². The van der Waals surface area contributed by atoms with Crippen molar-refractivity contribution in [3.05, 3.63) is 71.6 Å². The van der Waals surface area contributed by atoms with Crippen molar-refractivity contribution in [1.82, 2.24) is 25.3 Å². The summed E-state index contributed by atoms with van der Waals surface area (Å²) in [5.41, 5.74) is 3.40. The van der Waals surface area contributed by atoms with Crippen molar-refractivity contribution >= 4 is 5.91 Å². The molecule has 1 saturated heterocycles. The van der Waals surface area contributed by atoms with Gasteiger partial charge in [-0.1, -0.05) is 72.2 Å². The smallest absolute Gasteiger partial charge is 0.241 e. The lowest BCUT2D eigenvalue weighted by molar-refractivity contribution is -0.126. The number of benzene rings is 2. The van der Waals surface area contributed by atoms with Gasteiger partial charge in [-0.2, -0.15) is 4.98 Å². The van der Waals surface area contributed by atoms with Crippen molar-refractivity contribution in [2.75, 3.05) is 32.7 Å². The van der Waals surface area contributed by atoms with E-state index in [-0.39, 0.29) is 11.9 Å². The van der Waals surface area contributed by atoms with Crippen molar-refractivity contribution in [1.29, 1.82) is 0 Å². The first kappa shape index (κ1) is 23.1. The summed E-state index contributed by atoms with van der Waals surface area (Å²) < 4.78 is 5.47. The molecule has 174 valence electrons. The third-order valence-corrected chi connectivity index (χ3v) is 6.42. The van der Waals surface area contributed by atoms with Crippen LogP contribution in [0, 0.1) is 6.92 Å². The van der Waals surface area contributed by atoms with Gasteiger partial charge in [-0.15, -0.1) is 0 Å². The molecule has 1 aliphatic heterocycles. The van der Waals surface area contributed by atoms with Crippen molar-refractivity contribution < 1.29 is 9.32 Å². The van der Waals surface area contributed by atoms with Gasteiger partial charge in [0.15, 0.2) is 0 Å². The molecule has 0 radical (unpaired) electrons. The van der Waals surface area contributed by atoms with Crippen LogP contribution >= 0.6 is 0 Å². The van der Waals surface area contributed by atoms with Crippen molar-refractivity contribution in [2.24, 2.45) is 0 Å². The van der Waals surface area contributed by atoms with Gasteiger partial charge in [0, 0.05) is 38.3 Å². The zero-order valence-corrected chi connectivity index (χ0v) is 19.7. The van der Waals surface area contributed by atoms with E-state index in [2.05, 4.69) is 51.2 Å². The number of hydrogen-bond acceptors (Lipinski definition) is 6. The molecule has 3 aromatic rings. The number of carbonyl (C=O) groups excluding carboxylic acids is 1. The first-order chi connectivity index (χ1) is 16.0. The lowest BCUT2D eigenvalue weighted by Gasteiger charge is -2.36. The van der Waals surface area contributed by atoms with E-state index in [0.29, 0.717) is 30.7 Å². The fraction of sp³-hybridized carbons (Fsp3) is 0.423. The standard InChI is InChI=1S/C26H33N5O2/c1-19-9-11-23(12-10-19)25-28-24(33-29-25)18-30-13-15-31(16-14-30)21(3)26(32)27-17-20(2)22-7-5-4-6-8-22/h4-12,20-21H,13-18H2,1-3H3,(H,27,32)/t20-,21-/m0/s1. The number of nitrogens with zero attached hydrogens (tertiary/aromatic N) is 4. The van der Waals surface area contributed by atoms with E-state index >= 15 is 0 Å². The highest BCUT2D eigenvalue weighted by Gasteiger charge is 2.26. The Hall–Kier alpha value is -3.03. The Bertz CT molecular complexity index is 1030. The molecule has 0 spiro atoms. The first-order valence-corrected chi connectivity index (χ1v) is 11.7. The highest BCUT2D eigenvalue weighted by molar-refractivity contribution is 5.81. The molecule has 0 saturated carbocycles. The fourth-order valence-corrected chi connectivity index (χ4v) is 4.11. The zero-order valence-electron chi connectivity index (χ0n) is 19.7. The third-order valence-electron chi connectivity index (χ3n) is 6.42. The summed E-state index contributed by atoms with van der Waals surface area (Å²) in [6, 6.07) is 18.3. The SMILES string of the molecule is Cc1ccc(-c2noc(CN3CCN([C@@H](C)C(=O)NC[C@H](C)c4ccccc4)CC3)n2)cc1. The summed E-state index contributed by atoms with van der Waals surface area (Å²) in [5.74, 6) is 1.63. The normalized spacial score (nSPS) is 16.9. The maximum Gasteiger partial charge on any atom is 0.241 e. The molecular formula is C26H33N5O2. The molecule has 1 aliphatic rings. The average molecular weight is 448 g/mol. The van der Waals surface area contributed by atoms with Gasteiger partial charge < -0.3 is 9.84 Å². The molecular weight excluding hydrogens is 414 g/mol. The van der Waals surface area contributed by atoms with Crippen LogP contribution in [0.25, 0.3) is 11.4 Å². The quantitative estimate of drug-likeness (QED) is 0.570. The maximum absolute atomic E-state index is 12.7. The van der Waals surface area contributed by atoms with Crippen LogP contribution in [0.2, 0.25) is 0 Å². The third kappa shape index (κ3) is 6.06. The molecule has 0 unspecified atom stereocenters. The van der Waals surface area contributed by atoms with Gasteiger partial charge in [-0.05, 0) is 25.3 Å². The number of rotatable bonds is 8. The minimum atomic E-state index is -0.147. The van der Waals surface area contributed by atoms with Gasteiger partial charge in [-0.3, -0.25) is 14.6 Å².